The van der Waals surface area contributed by atoms with Crippen LogP contribution in [0.1, 0.15) is 22.1 Å². The van der Waals surface area contributed by atoms with Gasteiger partial charge in [-0.15, -0.1) is 0 Å². The molecule has 3 rings (SSSR count). The van der Waals surface area contributed by atoms with E-state index >= 15 is 0 Å². The van der Waals surface area contributed by atoms with Crippen molar-refractivity contribution in [1.82, 2.24) is 5.32 Å². The van der Waals surface area contributed by atoms with E-state index in [9.17, 15) is 0 Å². The first kappa shape index (κ1) is 11.3. The SMILES string of the molecule is [2H]C([2H])([2H])N[C@@H](CCOc1cccc2ccccc12)c1ccccc1. The summed E-state index contributed by atoms with van der Waals surface area (Å²) in [5.74, 6) is 0.818. The summed E-state index contributed by atoms with van der Waals surface area (Å²) in [5, 5.41) is 4.90. The van der Waals surface area contributed by atoms with E-state index in [1.54, 1.807) is 0 Å². The molecule has 1 atom stereocenters. The Bertz CT molecular complexity index is 813. The highest BCUT2D eigenvalue weighted by Gasteiger charge is 2.09. The van der Waals surface area contributed by atoms with E-state index in [2.05, 4.69) is 5.32 Å². The summed E-state index contributed by atoms with van der Waals surface area (Å²) in [6, 6.07) is 23.3. The van der Waals surface area contributed by atoms with Crippen molar-refractivity contribution in [3.05, 3.63) is 78.4 Å². The van der Waals surface area contributed by atoms with Gasteiger partial charge in [0.1, 0.15) is 5.75 Å². The molecule has 3 aromatic rings. The number of nitrogens with one attached hydrogen (secondary N) is 1. The molecule has 0 saturated heterocycles. The van der Waals surface area contributed by atoms with Gasteiger partial charge < -0.3 is 10.1 Å². The van der Waals surface area contributed by atoms with E-state index in [0.717, 1.165) is 22.1 Å². The third kappa shape index (κ3) is 3.29. The van der Waals surface area contributed by atoms with E-state index in [0.29, 0.717) is 13.0 Å². The predicted molar refractivity (Wildman–Crippen MR) is 92.3 cm³/mol. The Morgan fingerprint density at radius 2 is 1.73 bits per heavy atom. The van der Waals surface area contributed by atoms with E-state index in [1.165, 1.54) is 0 Å². The maximum absolute atomic E-state index is 7.50. The lowest BCUT2D eigenvalue weighted by Gasteiger charge is -2.17. The third-order valence-corrected chi connectivity index (χ3v) is 3.79. The summed E-state index contributed by atoms with van der Waals surface area (Å²) in [6.07, 6.45) is 0.561. The van der Waals surface area contributed by atoms with Gasteiger partial charge in [-0.05, 0) is 24.0 Å². The Balaban J connectivity index is 1.71. The molecular weight excluding hydrogens is 270 g/mol. The van der Waals surface area contributed by atoms with Crippen molar-refractivity contribution >= 4 is 10.8 Å². The molecule has 0 bridgehead atoms. The quantitative estimate of drug-likeness (QED) is 0.719. The molecule has 0 radical (unpaired) electrons. The highest BCUT2D eigenvalue weighted by molar-refractivity contribution is 5.88. The van der Waals surface area contributed by atoms with Gasteiger partial charge in [0.2, 0.25) is 0 Å². The minimum absolute atomic E-state index is 0.288. The fourth-order valence-corrected chi connectivity index (χ4v) is 2.62. The Morgan fingerprint density at radius 3 is 2.59 bits per heavy atom. The lowest BCUT2D eigenvalue weighted by atomic mass is 10.0. The predicted octanol–water partition coefficient (Wildman–Crippen LogP) is 4.57. The third-order valence-electron chi connectivity index (χ3n) is 3.79. The van der Waals surface area contributed by atoms with Gasteiger partial charge in [0, 0.05) is 22.0 Å². The minimum Gasteiger partial charge on any atom is -0.493 e. The highest BCUT2D eigenvalue weighted by Crippen LogP contribution is 2.26. The Morgan fingerprint density at radius 1 is 0.955 bits per heavy atom. The Hall–Kier alpha value is -2.32. The number of hydrogen-bond donors (Lipinski definition) is 1. The number of benzene rings is 3. The van der Waals surface area contributed by atoms with Gasteiger partial charge in [-0.2, -0.15) is 0 Å². The summed E-state index contributed by atoms with van der Waals surface area (Å²) in [6.45, 7) is -1.77. The molecule has 0 fully saturated rings. The summed E-state index contributed by atoms with van der Waals surface area (Å²) in [5.41, 5.74) is 0.945. The van der Waals surface area contributed by atoms with Gasteiger partial charge in [0.25, 0.3) is 0 Å². The van der Waals surface area contributed by atoms with Crippen LogP contribution in [0.25, 0.3) is 10.8 Å². The van der Waals surface area contributed by atoms with Crippen LogP contribution in [0.3, 0.4) is 0 Å². The first-order valence-electron chi connectivity index (χ1n) is 8.96. The molecule has 0 aromatic heterocycles. The summed E-state index contributed by atoms with van der Waals surface area (Å²) < 4.78 is 28.5. The van der Waals surface area contributed by atoms with Gasteiger partial charge >= 0.3 is 0 Å². The van der Waals surface area contributed by atoms with Gasteiger partial charge in [0.15, 0.2) is 0 Å². The fraction of sp³-hybridized carbons (Fsp3) is 0.200. The zero-order valence-corrected chi connectivity index (χ0v) is 12.3. The lowest BCUT2D eigenvalue weighted by molar-refractivity contribution is 0.293. The van der Waals surface area contributed by atoms with Crippen molar-refractivity contribution in [1.29, 1.82) is 0 Å². The van der Waals surface area contributed by atoms with E-state index in [1.807, 2.05) is 72.8 Å². The van der Waals surface area contributed by atoms with Crippen molar-refractivity contribution in [2.24, 2.45) is 0 Å². The minimum atomic E-state index is -2.19. The van der Waals surface area contributed by atoms with Crippen molar-refractivity contribution in [3.63, 3.8) is 0 Å². The molecule has 0 unspecified atom stereocenters. The van der Waals surface area contributed by atoms with E-state index < -0.39 is 6.98 Å². The molecule has 2 heteroatoms. The normalized spacial score (nSPS) is 14.8. The van der Waals surface area contributed by atoms with Gasteiger partial charge in [-0.1, -0.05) is 66.7 Å². The zero-order chi connectivity index (χ0) is 17.7. The molecule has 1 N–H and O–H groups in total. The van der Waals surface area contributed by atoms with Gasteiger partial charge in [-0.25, -0.2) is 0 Å². The highest BCUT2D eigenvalue weighted by atomic mass is 16.5. The van der Waals surface area contributed by atoms with Gasteiger partial charge in [0.05, 0.1) is 6.61 Å². The fourth-order valence-electron chi connectivity index (χ4n) is 2.62. The second-order valence-electron chi connectivity index (χ2n) is 5.22. The van der Waals surface area contributed by atoms with Crippen LogP contribution in [-0.4, -0.2) is 13.6 Å². The van der Waals surface area contributed by atoms with Crippen molar-refractivity contribution < 1.29 is 8.85 Å². The lowest BCUT2D eigenvalue weighted by Crippen LogP contribution is -2.19. The molecule has 112 valence electrons. The average molecular weight is 294 g/mol. The number of fused-ring (bicyclic) bond motifs is 1. The number of rotatable bonds is 6. The van der Waals surface area contributed by atoms with E-state index in [4.69, 9.17) is 8.85 Å². The maximum Gasteiger partial charge on any atom is 0.127 e. The van der Waals surface area contributed by atoms with Crippen molar-refractivity contribution in [2.45, 2.75) is 12.5 Å². The van der Waals surface area contributed by atoms with E-state index in [-0.39, 0.29) is 6.04 Å². The standard InChI is InChI=1S/C20H21NO/c1-21-19(17-9-3-2-4-10-17)14-15-22-20-13-7-11-16-8-5-6-12-18(16)20/h2-13,19,21H,14-15H2,1H3/t19-/m0/s1/i1D3. The zero-order valence-electron chi connectivity index (χ0n) is 15.3. The summed E-state index contributed by atoms with van der Waals surface area (Å²) >= 11 is 0. The molecule has 2 nitrogen and oxygen atoms in total. The monoisotopic (exact) mass is 294 g/mol. The Labute approximate surface area is 136 Å². The average Bonchev–Trinajstić information content (AvgIpc) is 2.61. The largest absolute Gasteiger partial charge is 0.493 e. The van der Waals surface area contributed by atoms with Crippen LogP contribution in [0.4, 0.5) is 0 Å². The smallest absolute Gasteiger partial charge is 0.127 e. The summed E-state index contributed by atoms with van der Waals surface area (Å²) in [4.78, 5) is 0. The van der Waals surface area contributed by atoms with Crippen LogP contribution in [-0.2, 0) is 0 Å². The summed E-state index contributed by atoms with van der Waals surface area (Å²) in [7, 11) is 0. The molecule has 22 heavy (non-hydrogen) atoms. The molecule has 0 saturated carbocycles. The molecule has 0 heterocycles. The second kappa shape index (κ2) is 7.10. The molecule has 0 spiro atoms. The second-order valence-corrected chi connectivity index (χ2v) is 5.22. The molecule has 0 aliphatic carbocycles. The molecular formula is C20H21NO. The first-order chi connectivity index (χ1) is 12.0. The molecule has 0 amide bonds. The molecule has 0 aliphatic rings. The van der Waals surface area contributed by atoms with Crippen molar-refractivity contribution in [3.8, 4) is 5.75 Å². The number of hydrogen-bond acceptors (Lipinski definition) is 2. The number of ether oxygens (including phenoxy) is 1. The Kier molecular flexibility index (Phi) is 3.64. The van der Waals surface area contributed by atoms with Crippen LogP contribution in [0, 0.1) is 0 Å². The van der Waals surface area contributed by atoms with Crippen LogP contribution in [0.2, 0.25) is 0 Å². The van der Waals surface area contributed by atoms with Gasteiger partial charge in [-0.3, -0.25) is 0 Å². The first-order valence-corrected chi connectivity index (χ1v) is 7.46. The molecule has 0 aliphatic heterocycles. The van der Waals surface area contributed by atoms with Crippen LogP contribution < -0.4 is 10.1 Å². The van der Waals surface area contributed by atoms with Crippen LogP contribution in [0.5, 0.6) is 5.75 Å². The van der Waals surface area contributed by atoms with Crippen LogP contribution in [0.15, 0.2) is 72.8 Å². The molecule has 3 aromatic carbocycles. The topological polar surface area (TPSA) is 21.3 Å². The van der Waals surface area contributed by atoms with Crippen LogP contribution >= 0.6 is 0 Å². The van der Waals surface area contributed by atoms with Crippen molar-refractivity contribution in [2.75, 3.05) is 13.6 Å². The maximum atomic E-state index is 7.50.